The van der Waals surface area contributed by atoms with Gasteiger partial charge >= 0.3 is 5.97 Å². The second-order valence-corrected chi connectivity index (χ2v) is 7.80. The molecular formula is C27H29N3O3. The summed E-state index contributed by atoms with van der Waals surface area (Å²) in [5.74, 6) is -0.471. The van der Waals surface area contributed by atoms with Crippen LogP contribution in [0.25, 0.3) is 27.9 Å². The van der Waals surface area contributed by atoms with E-state index in [2.05, 4.69) is 16.9 Å². The average Bonchev–Trinajstić information content (AvgIpc) is 3.26. The van der Waals surface area contributed by atoms with Crippen LogP contribution < -0.4 is 4.74 Å². The molecule has 3 aromatic rings. The van der Waals surface area contributed by atoms with Gasteiger partial charge in [-0.05, 0) is 48.9 Å². The number of unbranched alkanes of at least 4 members (excludes halogenated alkanes) is 5. The van der Waals surface area contributed by atoms with E-state index in [1.54, 1.807) is 10.9 Å². The van der Waals surface area contributed by atoms with Crippen molar-refractivity contribution >= 4 is 12.0 Å². The number of aliphatic carboxylic acids is 1. The molecule has 1 heterocycles. The molecule has 170 valence electrons. The van der Waals surface area contributed by atoms with Crippen LogP contribution in [0.4, 0.5) is 0 Å². The van der Waals surface area contributed by atoms with Crippen molar-refractivity contribution in [2.24, 2.45) is 0 Å². The summed E-state index contributed by atoms with van der Waals surface area (Å²) in [7, 11) is 0. The summed E-state index contributed by atoms with van der Waals surface area (Å²) in [6.45, 7) is 10.1. The normalized spacial score (nSPS) is 11.2. The Balaban J connectivity index is 1.77. The van der Waals surface area contributed by atoms with Gasteiger partial charge in [0.05, 0.1) is 24.6 Å². The molecule has 0 aliphatic heterocycles. The van der Waals surface area contributed by atoms with E-state index in [4.69, 9.17) is 11.3 Å². The summed E-state index contributed by atoms with van der Waals surface area (Å²) >= 11 is 0. The van der Waals surface area contributed by atoms with Gasteiger partial charge in [-0.2, -0.15) is 5.10 Å². The number of para-hydroxylation sites is 1. The minimum Gasteiger partial charge on any atom is -0.494 e. The lowest BCUT2D eigenvalue weighted by Crippen LogP contribution is -1.97. The molecule has 1 aromatic heterocycles. The van der Waals surface area contributed by atoms with Crippen molar-refractivity contribution in [3.8, 4) is 22.7 Å². The SMILES string of the molecule is [C-]#[N+]/C(=C/c1cn(-c2ccccc2)nc1-c1ccc(OCCCCCCCC)cc1)C(=O)O. The first-order chi connectivity index (χ1) is 16.1. The summed E-state index contributed by atoms with van der Waals surface area (Å²) in [6, 6.07) is 17.2. The summed E-state index contributed by atoms with van der Waals surface area (Å²) in [5, 5.41) is 14.0. The van der Waals surface area contributed by atoms with Crippen molar-refractivity contribution in [2.75, 3.05) is 6.61 Å². The molecule has 6 heteroatoms. The Morgan fingerprint density at radius 2 is 1.76 bits per heavy atom. The minimum atomic E-state index is -1.26. The van der Waals surface area contributed by atoms with Crippen LogP contribution in [0.15, 0.2) is 66.5 Å². The number of aromatic nitrogens is 2. The van der Waals surface area contributed by atoms with Gasteiger partial charge in [0.25, 0.3) is 5.70 Å². The largest absolute Gasteiger partial charge is 0.494 e. The average molecular weight is 444 g/mol. The molecule has 0 saturated heterocycles. The standard InChI is InChI=1S/C27H29N3O3/c1-3-4-5-6-7-11-18-33-24-16-14-21(15-17-24)26-22(19-25(28-2)27(31)32)20-30(29-26)23-12-9-8-10-13-23/h8-10,12-17,19-20H,3-7,11,18H2,1H3,(H,31,32)/b25-19+. The maximum Gasteiger partial charge on any atom is 0.333 e. The van der Waals surface area contributed by atoms with E-state index < -0.39 is 5.97 Å². The molecule has 6 nitrogen and oxygen atoms in total. The Kier molecular flexibility index (Phi) is 8.84. The highest BCUT2D eigenvalue weighted by Gasteiger charge is 2.14. The smallest absolute Gasteiger partial charge is 0.333 e. The fourth-order valence-corrected chi connectivity index (χ4v) is 3.50. The van der Waals surface area contributed by atoms with Crippen molar-refractivity contribution in [1.82, 2.24) is 9.78 Å². The predicted octanol–water partition coefficient (Wildman–Crippen LogP) is 6.62. The maximum absolute atomic E-state index is 11.4. The highest BCUT2D eigenvalue weighted by molar-refractivity contribution is 5.95. The number of nitrogens with zero attached hydrogens (tertiary/aromatic N) is 3. The van der Waals surface area contributed by atoms with Crippen LogP contribution in [0, 0.1) is 6.57 Å². The molecule has 0 aliphatic carbocycles. The predicted molar refractivity (Wildman–Crippen MR) is 130 cm³/mol. The van der Waals surface area contributed by atoms with Gasteiger partial charge in [0.15, 0.2) is 0 Å². The molecule has 0 amide bonds. The number of hydrogen-bond acceptors (Lipinski definition) is 3. The third-order valence-corrected chi connectivity index (χ3v) is 5.29. The zero-order chi connectivity index (χ0) is 23.5. The number of rotatable bonds is 12. The Bertz CT molecular complexity index is 1110. The first-order valence-corrected chi connectivity index (χ1v) is 11.3. The van der Waals surface area contributed by atoms with Crippen molar-refractivity contribution < 1.29 is 14.6 Å². The lowest BCUT2D eigenvalue weighted by molar-refractivity contribution is -0.132. The monoisotopic (exact) mass is 443 g/mol. The van der Waals surface area contributed by atoms with Gasteiger partial charge in [-0.15, -0.1) is 0 Å². The maximum atomic E-state index is 11.4. The third kappa shape index (κ3) is 6.81. The van der Waals surface area contributed by atoms with E-state index in [9.17, 15) is 9.90 Å². The zero-order valence-electron chi connectivity index (χ0n) is 18.9. The summed E-state index contributed by atoms with van der Waals surface area (Å²) in [6.07, 6.45) is 10.4. The minimum absolute atomic E-state index is 0.359. The number of carboxylic acid groups (broad SMARTS) is 1. The molecule has 33 heavy (non-hydrogen) atoms. The topological polar surface area (TPSA) is 68.7 Å². The third-order valence-electron chi connectivity index (χ3n) is 5.29. The Morgan fingerprint density at radius 3 is 2.42 bits per heavy atom. The van der Waals surface area contributed by atoms with Gasteiger partial charge in [0.1, 0.15) is 5.75 Å². The summed E-state index contributed by atoms with van der Waals surface area (Å²) in [4.78, 5) is 14.5. The van der Waals surface area contributed by atoms with Gasteiger partial charge < -0.3 is 9.84 Å². The fourth-order valence-electron chi connectivity index (χ4n) is 3.50. The fraction of sp³-hybridized carbons (Fsp3) is 0.296. The molecule has 0 fully saturated rings. The molecule has 0 unspecified atom stereocenters. The van der Waals surface area contributed by atoms with E-state index in [-0.39, 0.29) is 5.70 Å². The number of ether oxygens (including phenoxy) is 1. The van der Waals surface area contributed by atoms with Crippen molar-refractivity contribution in [3.05, 3.63) is 83.5 Å². The highest BCUT2D eigenvalue weighted by atomic mass is 16.5. The zero-order valence-corrected chi connectivity index (χ0v) is 18.9. The van der Waals surface area contributed by atoms with Crippen molar-refractivity contribution in [2.45, 2.75) is 45.4 Å². The summed E-state index contributed by atoms with van der Waals surface area (Å²) in [5.41, 5.74) is 2.47. The molecular weight excluding hydrogens is 414 g/mol. The number of carbonyl (C=O) groups is 1. The lowest BCUT2D eigenvalue weighted by atomic mass is 10.1. The molecule has 0 radical (unpaired) electrons. The van der Waals surface area contributed by atoms with Gasteiger partial charge in [-0.3, -0.25) is 4.79 Å². The quantitative estimate of drug-likeness (QED) is 0.194. The molecule has 0 spiro atoms. The first kappa shape index (κ1) is 23.8. The van der Waals surface area contributed by atoms with E-state index in [1.807, 2.05) is 54.6 Å². The van der Waals surface area contributed by atoms with Crippen LogP contribution >= 0.6 is 0 Å². The van der Waals surface area contributed by atoms with Crippen LogP contribution in [-0.4, -0.2) is 27.5 Å². The van der Waals surface area contributed by atoms with Crippen LogP contribution in [0.2, 0.25) is 0 Å². The molecule has 2 aromatic carbocycles. The van der Waals surface area contributed by atoms with Crippen LogP contribution in [0.3, 0.4) is 0 Å². The van der Waals surface area contributed by atoms with Crippen molar-refractivity contribution in [1.29, 1.82) is 0 Å². The lowest BCUT2D eigenvalue weighted by Gasteiger charge is -2.07. The van der Waals surface area contributed by atoms with Crippen molar-refractivity contribution in [3.63, 3.8) is 0 Å². The molecule has 0 saturated carbocycles. The highest BCUT2D eigenvalue weighted by Crippen LogP contribution is 2.28. The van der Waals surface area contributed by atoms with Gasteiger partial charge in [0.2, 0.25) is 0 Å². The molecule has 0 aliphatic rings. The van der Waals surface area contributed by atoms with Crippen LogP contribution in [-0.2, 0) is 4.79 Å². The molecule has 0 atom stereocenters. The Labute approximate surface area is 195 Å². The van der Waals surface area contributed by atoms with Gasteiger partial charge in [-0.1, -0.05) is 57.2 Å². The first-order valence-electron chi connectivity index (χ1n) is 11.3. The molecule has 0 bridgehead atoms. The van der Waals surface area contributed by atoms with E-state index in [0.717, 1.165) is 23.4 Å². The Morgan fingerprint density at radius 1 is 1.06 bits per heavy atom. The Hall–Kier alpha value is -3.85. The van der Waals surface area contributed by atoms with Gasteiger partial charge in [-0.25, -0.2) is 9.53 Å². The number of carboxylic acids is 1. The summed E-state index contributed by atoms with van der Waals surface area (Å²) < 4.78 is 7.55. The second-order valence-electron chi connectivity index (χ2n) is 7.80. The molecule has 3 rings (SSSR count). The van der Waals surface area contributed by atoms with Crippen LogP contribution in [0.5, 0.6) is 5.75 Å². The van der Waals surface area contributed by atoms with Crippen LogP contribution in [0.1, 0.15) is 51.0 Å². The molecule has 1 N–H and O–H groups in total. The van der Waals surface area contributed by atoms with E-state index >= 15 is 0 Å². The number of hydrogen-bond donors (Lipinski definition) is 1. The second kappa shape index (κ2) is 12.3. The van der Waals surface area contributed by atoms with Gasteiger partial charge in [0, 0.05) is 17.3 Å². The number of benzene rings is 2. The van der Waals surface area contributed by atoms with E-state index in [1.165, 1.54) is 38.2 Å². The van der Waals surface area contributed by atoms with E-state index in [0.29, 0.717) is 17.9 Å².